The molecule has 0 unspecified atom stereocenters. The lowest BCUT2D eigenvalue weighted by Crippen LogP contribution is -2.36. The second kappa shape index (κ2) is 9.23. The number of ketones is 1. The second-order valence-electron chi connectivity index (χ2n) is 8.45. The average molecular weight is 425 g/mol. The third-order valence-corrected chi connectivity index (χ3v) is 6.18. The lowest BCUT2D eigenvalue weighted by Gasteiger charge is -2.29. The molecule has 2 aliphatic heterocycles. The largest absolute Gasteiger partial charge is 0.493 e. The monoisotopic (exact) mass is 424 g/mol. The zero-order chi connectivity index (χ0) is 21.1. The number of pyridine rings is 1. The molecule has 3 aromatic rings. The highest BCUT2D eigenvalue weighted by Gasteiger charge is 2.16. The number of Topliss-reactive ketones (excluding diaryl/α,β-unsaturated/α-hetero) is 1. The molecular formula is C25H29ClN2O2. The number of piperidine rings is 1. The fourth-order valence-electron chi connectivity index (χ4n) is 4.21. The summed E-state index contributed by atoms with van der Waals surface area (Å²) < 4.78 is 7.64. The Balaban J connectivity index is 0.000000170. The molecule has 0 atom stereocenters. The Kier molecular flexibility index (Phi) is 6.45. The number of rotatable bonds is 3. The number of hydrogen-bond donors (Lipinski definition) is 0. The lowest BCUT2D eigenvalue weighted by molar-refractivity contribution is -0.118. The van der Waals surface area contributed by atoms with Crippen LogP contribution in [0, 0.1) is 5.92 Å². The van der Waals surface area contributed by atoms with Crippen LogP contribution in [-0.2, 0) is 11.2 Å². The number of carbonyl (C=O) groups is 1. The van der Waals surface area contributed by atoms with Crippen LogP contribution in [0.15, 0.2) is 48.8 Å². The van der Waals surface area contributed by atoms with Gasteiger partial charge in [-0.05, 0) is 80.2 Å². The van der Waals surface area contributed by atoms with Crippen molar-refractivity contribution in [2.75, 3.05) is 26.2 Å². The fraction of sp³-hybridized carbons (Fsp3) is 0.400. The van der Waals surface area contributed by atoms with Gasteiger partial charge in [-0.25, -0.2) is 0 Å². The highest BCUT2D eigenvalue weighted by Crippen LogP contribution is 2.33. The van der Waals surface area contributed by atoms with E-state index in [4.69, 9.17) is 16.3 Å². The minimum absolute atomic E-state index is 0.291. The summed E-state index contributed by atoms with van der Waals surface area (Å²) in [6.45, 7) is 7.62. The molecule has 2 aromatic heterocycles. The number of hydrogen-bond acceptors (Lipinski definition) is 3. The van der Waals surface area contributed by atoms with Gasteiger partial charge in [0.05, 0.1) is 18.7 Å². The van der Waals surface area contributed by atoms with Gasteiger partial charge in [0.2, 0.25) is 0 Å². The van der Waals surface area contributed by atoms with Gasteiger partial charge < -0.3 is 9.14 Å². The number of carbonyl (C=O) groups excluding carboxylic acids is 1. The molecule has 0 spiro atoms. The molecule has 1 saturated heterocycles. The van der Waals surface area contributed by atoms with Gasteiger partial charge >= 0.3 is 0 Å². The Hall–Kier alpha value is -2.30. The van der Waals surface area contributed by atoms with Crippen LogP contribution in [0.5, 0.6) is 5.75 Å². The Morgan fingerprint density at radius 3 is 2.67 bits per heavy atom. The number of benzene rings is 1. The molecular weight excluding hydrogens is 396 g/mol. The molecule has 5 rings (SSSR count). The van der Waals surface area contributed by atoms with Crippen molar-refractivity contribution in [3.8, 4) is 16.9 Å². The quantitative estimate of drug-likeness (QED) is 0.556. The van der Waals surface area contributed by atoms with Crippen LogP contribution in [0.2, 0.25) is 5.02 Å². The number of ether oxygens (including phenoxy) is 1. The van der Waals surface area contributed by atoms with Gasteiger partial charge in [-0.15, -0.1) is 0 Å². The van der Waals surface area contributed by atoms with E-state index in [9.17, 15) is 4.79 Å². The Bertz CT molecular complexity index is 1030. The van der Waals surface area contributed by atoms with Crippen molar-refractivity contribution < 1.29 is 9.53 Å². The first-order valence-corrected chi connectivity index (χ1v) is 11.1. The first-order valence-electron chi connectivity index (χ1n) is 10.7. The van der Waals surface area contributed by atoms with Crippen molar-refractivity contribution >= 4 is 22.9 Å². The van der Waals surface area contributed by atoms with Crippen molar-refractivity contribution in [1.82, 2.24) is 9.30 Å². The van der Waals surface area contributed by atoms with Gasteiger partial charge in [0.1, 0.15) is 11.5 Å². The Labute approximate surface area is 183 Å². The van der Waals surface area contributed by atoms with Crippen LogP contribution >= 0.6 is 11.6 Å². The van der Waals surface area contributed by atoms with Crippen LogP contribution in [0.25, 0.3) is 16.6 Å². The number of fused-ring (bicyclic) bond motifs is 2. The third kappa shape index (κ3) is 4.88. The standard InChI is InChI=1S/C16H12ClNO.C9H17NO/c17-13-3-6-18-7-4-14(15(18)10-13)11-1-2-16-12(9-11)5-8-19-16;1-8-3-5-10(6-4-8)7-9(2)11/h1-4,6-7,9-10H,5,8H2;8H,3-7H2,1-2H3. The highest BCUT2D eigenvalue weighted by atomic mass is 35.5. The predicted octanol–water partition coefficient (Wildman–Crippen LogP) is 5.50. The van der Waals surface area contributed by atoms with Crippen molar-refractivity contribution in [3.05, 3.63) is 59.4 Å². The maximum absolute atomic E-state index is 10.8. The first kappa shape index (κ1) is 21.0. The summed E-state index contributed by atoms with van der Waals surface area (Å²) in [4.78, 5) is 13.0. The van der Waals surface area contributed by atoms with Crippen LogP contribution in [0.1, 0.15) is 32.3 Å². The van der Waals surface area contributed by atoms with Gasteiger partial charge in [0, 0.05) is 29.4 Å². The molecule has 1 aromatic carbocycles. The van der Waals surface area contributed by atoms with Gasteiger partial charge in [-0.1, -0.05) is 24.6 Å². The maximum Gasteiger partial charge on any atom is 0.143 e. The van der Waals surface area contributed by atoms with Crippen LogP contribution in [0.3, 0.4) is 0 Å². The van der Waals surface area contributed by atoms with Crippen LogP contribution in [0.4, 0.5) is 0 Å². The van der Waals surface area contributed by atoms with Crippen molar-refractivity contribution in [1.29, 1.82) is 0 Å². The summed E-state index contributed by atoms with van der Waals surface area (Å²) in [6.07, 6.45) is 7.55. The zero-order valence-electron chi connectivity index (χ0n) is 17.7. The smallest absolute Gasteiger partial charge is 0.143 e. The highest BCUT2D eigenvalue weighted by molar-refractivity contribution is 6.31. The molecule has 158 valence electrons. The van der Waals surface area contributed by atoms with E-state index >= 15 is 0 Å². The number of aromatic nitrogens is 1. The molecule has 5 heteroatoms. The molecule has 4 heterocycles. The predicted molar refractivity (Wildman–Crippen MR) is 123 cm³/mol. The summed E-state index contributed by atoms with van der Waals surface area (Å²) in [7, 11) is 0. The van der Waals surface area contributed by atoms with Gasteiger partial charge in [-0.2, -0.15) is 0 Å². The summed E-state index contributed by atoms with van der Waals surface area (Å²) in [5.41, 5.74) is 4.84. The van der Waals surface area contributed by atoms with Crippen molar-refractivity contribution in [3.63, 3.8) is 0 Å². The second-order valence-corrected chi connectivity index (χ2v) is 8.88. The van der Waals surface area contributed by atoms with Crippen molar-refractivity contribution in [2.45, 2.75) is 33.1 Å². The Morgan fingerprint density at radius 2 is 1.90 bits per heavy atom. The summed E-state index contributed by atoms with van der Waals surface area (Å²) in [5, 5.41) is 0.761. The van der Waals surface area contributed by atoms with Crippen molar-refractivity contribution in [2.24, 2.45) is 5.92 Å². The number of halogens is 1. The minimum Gasteiger partial charge on any atom is -0.493 e. The topological polar surface area (TPSA) is 34.0 Å². The molecule has 0 saturated carbocycles. The average Bonchev–Trinajstić information content (AvgIpc) is 3.35. The van der Waals surface area contributed by atoms with E-state index in [1.54, 1.807) is 6.92 Å². The lowest BCUT2D eigenvalue weighted by atomic mass is 9.99. The van der Waals surface area contributed by atoms with Crippen LogP contribution in [-0.4, -0.2) is 41.3 Å². The van der Waals surface area contributed by atoms with Gasteiger partial charge in [-0.3, -0.25) is 9.69 Å². The van der Waals surface area contributed by atoms with E-state index in [-0.39, 0.29) is 0 Å². The first-order chi connectivity index (χ1) is 14.5. The van der Waals surface area contributed by atoms with E-state index < -0.39 is 0 Å². The number of nitrogens with zero attached hydrogens (tertiary/aromatic N) is 2. The Morgan fingerprint density at radius 1 is 1.13 bits per heavy atom. The molecule has 2 aliphatic rings. The zero-order valence-corrected chi connectivity index (χ0v) is 18.5. The molecule has 0 radical (unpaired) electrons. The van der Waals surface area contributed by atoms with E-state index in [2.05, 4.69) is 46.7 Å². The molecule has 0 aliphatic carbocycles. The van der Waals surface area contributed by atoms with Crippen LogP contribution < -0.4 is 4.74 Å². The maximum atomic E-state index is 10.8. The van der Waals surface area contributed by atoms with E-state index in [1.807, 2.05) is 18.3 Å². The SMILES string of the molecule is CC(=O)CN1CCC(C)CC1.Clc1ccn2ccc(-c3ccc4c(c3)CCO4)c2c1. The van der Waals surface area contributed by atoms with E-state index in [1.165, 1.54) is 29.5 Å². The molecule has 30 heavy (non-hydrogen) atoms. The van der Waals surface area contributed by atoms with E-state index in [0.717, 1.165) is 48.3 Å². The third-order valence-electron chi connectivity index (χ3n) is 5.95. The van der Waals surface area contributed by atoms with Gasteiger partial charge in [0.25, 0.3) is 0 Å². The summed E-state index contributed by atoms with van der Waals surface area (Å²) >= 11 is 6.10. The molecule has 4 nitrogen and oxygen atoms in total. The minimum atomic E-state index is 0.291. The molecule has 0 bridgehead atoms. The molecule has 0 amide bonds. The van der Waals surface area contributed by atoms with E-state index in [0.29, 0.717) is 12.3 Å². The summed E-state index contributed by atoms with van der Waals surface area (Å²) in [5.74, 6) is 2.17. The van der Waals surface area contributed by atoms with Gasteiger partial charge in [0.15, 0.2) is 0 Å². The fourth-order valence-corrected chi connectivity index (χ4v) is 4.37. The molecule has 1 fully saturated rings. The normalized spacial score (nSPS) is 16.6. The molecule has 0 N–H and O–H groups in total. The number of likely N-dealkylation sites (tertiary alicyclic amines) is 1. The summed E-state index contributed by atoms with van der Waals surface area (Å²) in [6, 6.07) is 12.4.